The van der Waals surface area contributed by atoms with Crippen molar-refractivity contribution in [1.29, 1.82) is 0 Å². The van der Waals surface area contributed by atoms with Crippen molar-refractivity contribution in [1.82, 2.24) is 0 Å². The van der Waals surface area contributed by atoms with E-state index in [1.807, 2.05) is 6.92 Å². The summed E-state index contributed by atoms with van der Waals surface area (Å²) in [5, 5.41) is 0. The van der Waals surface area contributed by atoms with E-state index in [9.17, 15) is 4.79 Å². The van der Waals surface area contributed by atoms with Crippen LogP contribution in [0.5, 0.6) is 0 Å². The fourth-order valence-electron chi connectivity index (χ4n) is 2.34. The van der Waals surface area contributed by atoms with Gasteiger partial charge in [-0.05, 0) is 13.3 Å². The van der Waals surface area contributed by atoms with E-state index in [-0.39, 0.29) is 5.97 Å². The SMILES string of the molecule is CCCCCCCCCCCCCCC(=O)OCC. The van der Waals surface area contributed by atoms with Gasteiger partial charge in [-0.1, -0.05) is 77.6 Å². The number of ether oxygens (including phenoxy) is 1. The second-order valence-electron chi connectivity index (χ2n) is 5.44. The van der Waals surface area contributed by atoms with Crippen LogP contribution in [0.4, 0.5) is 0 Å². The molecule has 0 radical (unpaired) electrons. The van der Waals surface area contributed by atoms with E-state index in [0.717, 1.165) is 6.42 Å². The van der Waals surface area contributed by atoms with Crippen LogP contribution in [0.1, 0.15) is 97.3 Å². The molecule has 0 saturated heterocycles. The maximum atomic E-state index is 11.1. The summed E-state index contributed by atoms with van der Waals surface area (Å²) in [6.45, 7) is 4.64. The van der Waals surface area contributed by atoms with Crippen LogP contribution in [0.2, 0.25) is 0 Å². The average molecular weight is 270 g/mol. The molecule has 0 aromatic rings. The van der Waals surface area contributed by atoms with E-state index < -0.39 is 0 Å². The van der Waals surface area contributed by atoms with Gasteiger partial charge in [0.1, 0.15) is 0 Å². The number of unbranched alkanes of at least 4 members (excludes halogenated alkanes) is 11. The van der Waals surface area contributed by atoms with Crippen LogP contribution in [-0.2, 0) is 9.53 Å². The zero-order valence-electron chi connectivity index (χ0n) is 13.2. The molecule has 0 amide bonds. The van der Waals surface area contributed by atoms with Gasteiger partial charge < -0.3 is 4.74 Å². The van der Waals surface area contributed by atoms with Crippen molar-refractivity contribution in [3.63, 3.8) is 0 Å². The van der Waals surface area contributed by atoms with Gasteiger partial charge in [-0.25, -0.2) is 0 Å². The fraction of sp³-hybridized carbons (Fsp3) is 0.941. The Hall–Kier alpha value is -0.530. The lowest BCUT2D eigenvalue weighted by atomic mass is 10.0. The number of esters is 1. The highest BCUT2D eigenvalue weighted by molar-refractivity contribution is 5.69. The Kier molecular flexibility index (Phi) is 15.1. The summed E-state index contributed by atoms with van der Waals surface area (Å²) in [6, 6.07) is 0. The Morgan fingerprint density at radius 3 is 1.53 bits per heavy atom. The molecule has 0 bridgehead atoms. The molecule has 0 rings (SSSR count). The van der Waals surface area contributed by atoms with Crippen molar-refractivity contribution in [2.45, 2.75) is 97.3 Å². The minimum Gasteiger partial charge on any atom is -0.466 e. The first-order valence-corrected chi connectivity index (χ1v) is 8.46. The summed E-state index contributed by atoms with van der Waals surface area (Å²) in [7, 11) is 0. The van der Waals surface area contributed by atoms with Crippen LogP contribution in [-0.4, -0.2) is 12.6 Å². The molecule has 19 heavy (non-hydrogen) atoms. The highest BCUT2D eigenvalue weighted by Gasteiger charge is 2.00. The van der Waals surface area contributed by atoms with Crippen LogP contribution in [0, 0.1) is 0 Å². The van der Waals surface area contributed by atoms with E-state index in [1.165, 1.54) is 70.6 Å². The molecule has 0 aliphatic carbocycles. The lowest BCUT2D eigenvalue weighted by Gasteiger charge is -2.03. The molecule has 0 heterocycles. The van der Waals surface area contributed by atoms with Gasteiger partial charge in [-0.2, -0.15) is 0 Å². The largest absolute Gasteiger partial charge is 0.466 e. The van der Waals surface area contributed by atoms with Gasteiger partial charge in [-0.3, -0.25) is 4.79 Å². The molecule has 0 aliphatic heterocycles. The summed E-state index contributed by atoms with van der Waals surface area (Å²) in [4.78, 5) is 11.1. The molecule has 0 saturated carbocycles. The Bertz CT molecular complexity index is 190. The minimum atomic E-state index is -0.0328. The highest BCUT2D eigenvalue weighted by atomic mass is 16.5. The number of rotatable bonds is 14. The van der Waals surface area contributed by atoms with E-state index in [4.69, 9.17) is 4.74 Å². The van der Waals surface area contributed by atoms with Gasteiger partial charge >= 0.3 is 5.97 Å². The van der Waals surface area contributed by atoms with Gasteiger partial charge in [0.2, 0.25) is 0 Å². The molecule has 0 atom stereocenters. The van der Waals surface area contributed by atoms with Gasteiger partial charge in [0.05, 0.1) is 6.61 Å². The highest BCUT2D eigenvalue weighted by Crippen LogP contribution is 2.12. The van der Waals surface area contributed by atoms with Gasteiger partial charge in [0.25, 0.3) is 0 Å². The second-order valence-corrected chi connectivity index (χ2v) is 5.44. The minimum absolute atomic E-state index is 0.0328. The average Bonchev–Trinajstić information content (AvgIpc) is 2.40. The molecule has 0 aliphatic rings. The standard InChI is InChI=1S/C17H34O2/c1-3-5-6-7-8-9-10-11-12-13-14-15-16-17(18)19-4-2/h3-16H2,1-2H3. The van der Waals surface area contributed by atoms with Crippen molar-refractivity contribution in [2.75, 3.05) is 6.61 Å². The molecule has 0 fully saturated rings. The predicted octanol–water partition coefficient (Wildman–Crippen LogP) is 5.64. The smallest absolute Gasteiger partial charge is 0.305 e. The Labute approximate surface area is 120 Å². The normalized spacial score (nSPS) is 10.6. The number of carbonyl (C=O) groups excluding carboxylic acids is 1. The van der Waals surface area contributed by atoms with E-state index in [2.05, 4.69) is 6.92 Å². The summed E-state index contributed by atoms with van der Waals surface area (Å²) in [6.07, 6.45) is 16.6. The topological polar surface area (TPSA) is 26.3 Å². The number of hydrogen-bond donors (Lipinski definition) is 0. The lowest BCUT2D eigenvalue weighted by Crippen LogP contribution is -2.03. The number of hydrogen-bond acceptors (Lipinski definition) is 2. The summed E-state index contributed by atoms with van der Waals surface area (Å²) in [5.41, 5.74) is 0. The van der Waals surface area contributed by atoms with Crippen LogP contribution in [0.25, 0.3) is 0 Å². The fourth-order valence-corrected chi connectivity index (χ4v) is 2.34. The zero-order chi connectivity index (χ0) is 14.2. The summed E-state index contributed by atoms with van der Waals surface area (Å²) in [5.74, 6) is -0.0328. The second kappa shape index (κ2) is 15.5. The molecule has 2 heteroatoms. The van der Waals surface area contributed by atoms with E-state index >= 15 is 0 Å². The predicted molar refractivity (Wildman–Crippen MR) is 82.3 cm³/mol. The molecule has 0 aromatic heterocycles. The van der Waals surface area contributed by atoms with Crippen molar-refractivity contribution in [3.05, 3.63) is 0 Å². The maximum absolute atomic E-state index is 11.1. The number of carbonyl (C=O) groups is 1. The lowest BCUT2D eigenvalue weighted by molar-refractivity contribution is -0.143. The first-order valence-electron chi connectivity index (χ1n) is 8.46. The Morgan fingerprint density at radius 2 is 1.11 bits per heavy atom. The van der Waals surface area contributed by atoms with Crippen molar-refractivity contribution >= 4 is 5.97 Å². The van der Waals surface area contributed by atoms with Gasteiger partial charge in [0.15, 0.2) is 0 Å². The molecular weight excluding hydrogens is 236 g/mol. The first kappa shape index (κ1) is 18.5. The van der Waals surface area contributed by atoms with Crippen molar-refractivity contribution in [2.24, 2.45) is 0 Å². The van der Waals surface area contributed by atoms with Crippen LogP contribution in [0.15, 0.2) is 0 Å². The van der Waals surface area contributed by atoms with Crippen LogP contribution >= 0.6 is 0 Å². The van der Waals surface area contributed by atoms with Crippen molar-refractivity contribution in [3.8, 4) is 0 Å². The molecule has 114 valence electrons. The van der Waals surface area contributed by atoms with E-state index in [0.29, 0.717) is 13.0 Å². The molecule has 0 aromatic carbocycles. The third-order valence-corrected chi connectivity index (χ3v) is 3.54. The maximum Gasteiger partial charge on any atom is 0.305 e. The van der Waals surface area contributed by atoms with E-state index in [1.54, 1.807) is 0 Å². The summed E-state index contributed by atoms with van der Waals surface area (Å²) < 4.78 is 4.90. The molecule has 0 N–H and O–H groups in total. The molecule has 2 nitrogen and oxygen atoms in total. The molecular formula is C17H34O2. The Morgan fingerprint density at radius 1 is 0.684 bits per heavy atom. The molecule has 0 spiro atoms. The first-order chi connectivity index (χ1) is 9.31. The monoisotopic (exact) mass is 270 g/mol. The van der Waals surface area contributed by atoms with Crippen molar-refractivity contribution < 1.29 is 9.53 Å². The third-order valence-electron chi connectivity index (χ3n) is 3.54. The third kappa shape index (κ3) is 15.4. The zero-order valence-corrected chi connectivity index (χ0v) is 13.2. The van der Waals surface area contributed by atoms with Gasteiger partial charge in [-0.15, -0.1) is 0 Å². The van der Waals surface area contributed by atoms with Crippen LogP contribution < -0.4 is 0 Å². The van der Waals surface area contributed by atoms with Crippen LogP contribution in [0.3, 0.4) is 0 Å². The molecule has 0 unspecified atom stereocenters. The quantitative estimate of drug-likeness (QED) is 0.301. The van der Waals surface area contributed by atoms with Gasteiger partial charge in [0, 0.05) is 6.42 Å². The summed E-state index contributed by atoms with van der Waals surface area (Å²) >= 11 is 0. The Balaban J connectivity index is 3.01.